The molecule has 2 aromatic carbocycles. The minimum absolute atomic E-state index is 0.128. The van der Waals surface area contributed by atoms with Gasteiger partial charge in [-0.2, -0.15) is 0 Å². The van der Waals surface area contributed by atoms with Gasteiger partial charge in [-0.3, -0.25) is 4.72 Å². The Morgan fingerprint density at radius 3 is 2.43 bits per heavy atom. The summed E-state index contributed by atoms with van der Waals surface area (Å²) in [4.78, 5) is 4.79. The summed E-state index contributed by atoms with van der Waals surface area (Å²) in [5, 5.41) is 0.417. The van der Waals surface area contributed by atoms with Crippen LogP contribution >= 0.6 is 11.6 Å². The summed E-state index contributed by atoms with van der Waals surface area (Å²) >= 11 is 6.05. The van der Waals surface area contributed by atoms with Crippen molar-refractivity contribution in [2.24, 2.45) is 0 Å². The molecule has 142 valence electrons. The first-order valence-electron chi connectivity index (χ1n) is 8.67. The second-order valence-electron chi connectivity index (χ2n) is 6.64. The molecule has 0 spiro atoms. The van der Waals surface area contributed by atoms with E-state index in [1.54, 1.807) is 18.2 Å². The number of sulfonamides is 1. The van der Waals surface area contributed by atoms with Gasteiger partial charge >= 0.3 is 0 Å². The number of anilines is 1. The summed E-state index contributed by atoms with van der Waals surface area (Å²) in [5.41, 5.74) is 5.03. The van der Waals surface area contributed by atoms with Crippen molar-refractivity contribution in [3.05, 3.63) is 83.1 Å². The topological polar surface area (TPSA) is 63.5 Å². The Bertz CT molecular complexity index is 1280. The van der Waals surface area contributed by atoms with Gasteiger partial charge in [-0.05, 0) is 55.3 Å². The SMILES string of the molecule is Cc1ccc(S(=O)(=O)Nc2ccc(-c3cn4cccc(C)c4n3)cc2)cc1Cl. The molecule has 4 aromatic rings. The number of hydrogen-bond donors (Lipinski definition) is 1. The highest BCUT2D eigenvalue weighted by atomic mass is 35.5. The van der Waals surface area contributed by atoms with Gasteiger partial charge in [0.2, 0.25) is 0 Å². The van der Waals surface area contributed by atoms with Crippen LogP contribution in [0.2, 0.25) is 5.02 Å². The van der Waals surface area contributed by atoms with Gasteiger partial charge in [-0.15, -0.1) is 0 Å². The largest absolute Gasteiger partial charge is 0.306 e. The summed E-state index contributed by atoms with van der Waals surface area (Å²) < 4.78 is 29.7. The highest BCUT2D eigenvalue weighted by molar-refractivity contribution is 7.92. The van der Waals surface area contributed by atoms with Crippen LogP contribution in [0.25, 0.3) is 16.9 Å². The van der Waals surface area contributed by atoms with Crippen LogP contribution in [0.15, 0.2) is 71.9 Å². The molecular formula is C21H18ClN3O2S. The van der Waals surface area contributed by atoms with E-state index in [-0.39, 0.29) is 4.90 Å². The number of aromatic nitrogens is 2. The second kappa shape index (κ2) is 6.96. The number of fused-ring (bicyclic) bond motifs is 1. The van der Waals surface area contributed by atoms with Crippen molar-refractivity contribution >= 4 is 33.0 Å². The van der Waals surface area contributed by atoms with Gasteiger partial charge in [0.15, 0.2) is 0 Å². The third-order valence-electron chi connectivity index (χ3n) is 4.56. The zero-order valence-electron chi connectivity index (χ0n) is 15.3. The van der Waals surface area contributed by atoms with Crippen LogP contribution in [-0.4, -0.2) is 17.8 Å². The monoisotopic (exact) mass is 411 g/mol. The highest BCUT2D eigenvalue weighted by Gasteiger charge is 2.15. The fourth-order valence-electron chi connectivity index (χ4n) is 2.96. The van der Waals surface area contributed by atoms with Crippen LogP contribution in [-0.2, 0) is 10.0 Å². The Hall–Kier alpha value is -2.83. The van der Waals surface area contributed by atoms with Crippen LogP contribution in [0.4, 0.5) is 5.69 Å². The number of hydrogen-bond acceptors (Lipinski definition) is 3. The fraction of sp³-hybridized carbons (Fsp3) is 0.0952. The summed E-state index contributed by atoms with van der Waals surface area (Å²) in [6.45, 7) is 3.84. The minimum Gasteiger partial charge on any atom is -0.306 e. The second-order valence-corrected chi connectivity index (χ2v) is 8.73. The van der Waals surface area contributed by atoms with E-state index in [9.17, 15) is 8.42 Å². The quantitative estimate of drug-likeness (QED) is 0.509. The van der Waals surface area contributed by atoms with E-state index in [0.717, 1.165) is 28.0 Å². The maximum Gasteiger partial charge on any atom is 0.261 e. The lowest BCUT2D eigenvalue weighted by Crippen LogP contribution is -2.12. The summed E-state index contributed by atoms with van der Waals surface area (Å²) in [7, 11) is -3.71. The molecule has 0 aliphatic heterocycles. The molecule has 2 heterocycles. The average molecular weight is 412 g/mol. The van der Waals surface area contributed by atoms with Crippen molar-refractivity contribution in [3.8, 4) is 11.3 Å². The number of benzene rings is 2. The number of nitrogens with one attached hydrogen (secondary N) is 1. The van der Waals surface area contributed by atoms with Crippen LogP contribution in [0, 0.1) is 13.8 Å². The normalized spacial score (nSPS) is 11.7. The lowest BCUT2D eigenvalue weighted by molar-refractivity contribution is 0.601. The van der Waals surface area contributed by atoms with Crippen molar-refractivity contribution in [1.82, 2.24) is 9.38 Å². The molecular weight excluding hydrogens is 394 g/mol. The zero-order chi connectivity index (χ0) is 19.9. The molecule has 5 nitrogen and oxygen atoms in total. The number of rotatable bonds is 4. The number of imidazole rings is 1. The van der Waals surface area contributed by atoms with Gasteiger partial charge in [0, 0.05) is 28.7 Å². The first-order valence-corrected chi connectivity index (χ1v) is 10.5. The molecule has 28 heavy (non-hydrogen) atoms. The van der Waals surface area contributed by atoms with E-state index in [0.29, 0.717) is 10.7 Å². The molecule has 0 saturated heterocycles. The van der Waals surface area contributed by atoms with E-state index in [2.05, 4.69) is 9.71 Å². The van der Waals surface area contributed by atoms with E-state index in [1.807, 2.05) is 54.9 Å². The third kappa shape index (κ3) is 3.48. The number of halogens is 1. The van der Waals surface area contributed by atoms with E-state index in [4.69, 9.17) is 11.6 Å². The molecule has 0 aliphatic carbocycles. The smallest absolute Gasteiger partial charge is 0.261 e. The van der Waals surface area contributed by atoms with Crippen molar-refractivity contribution < 1.29 is 8.42 Å². The lowest BCUT2D eigenvalue weighted by atomic mass is 10.1. The number of nitrogens with zero attached hydrogens (tertiary/aromatic N) is 2. The van der Waals surface area contributed by atoms with Crippen LogP contribution in [0.5, 0.6) is 0 Å². The molecule has 0 saturated carbocycles. The maximum atomic E-state index is 12.6. The Balaban J connectivity index is 1.60. The van der Waals surface area contributed by atoms with E-state index < -0.39 is 10.0 Å². The Kier molecular flexibility index (Phi) is 4.61. The standard InChI is InChI=1S/C21H18ClN3O2S/c1-14-5-10-18(12-19(14)22)28(26,27)24-17-8-6-16(7-9-17)20-13-25-11-3-4-15(2)21(25)23-20/h3-13,24H,1-2H3. The molecule has 7 heteroatoms. The fourth-order valence-corrected chi connectivity index (χ4v) is 4.29. The first-order chi connectivity index (χ1) is 13.3. The average Bonchev–Trinajstić information content (AvgIpc) is 3.10. The molecule has 1 N–H and O–H groups in total. The summed E-state index contributed by atoms with van der Waals surface area (Å²) in [6, 6.07) is 15.8. The Labute approximate surface area is 168 Å². The van der Waals surface area contributed by atoms with Gasteiger partial charge < -0.3 is 4.40 Å². The Morgan fingerprint density at radius 2 is 1.75 bits per heavy atom. The maximum absolute atomic E-state index is 12.6. The van der Waals surface area contributed by atoms with Crippen molar-refractivity contribution in [2.75, 3.05) is 4.72 Å². The Morgan fingerprint density at radius 1 is 1.00 bits per heavy atom. The lowest BCUT2D eigenvalue weighted by Gasteiger charge is -2.09. The highest BCUT2D eigenvalue weighted by Crippen LogP contribution is 2.25. The van der Waals surface area contributed by atoms with E-state index >= 15 is 0 Å². The predicted molar refractivity (Wildman–Crippen MR) is 112 cm³/mol. The molecule has 2 aromatic heterocycles. The zero-order valence-corrected chi connectivity index (χ0v) is 16.9. The van der Waals surface area contributed by atoms with Crippen molar-refractivity contribution in [1.29, 1.82) is 0 Å². The molecule has 4 rings (SSSR count). The van der Waals surface area contributed by atoms with Crippen molar-refractivity contribution in [3.63, 3.8) is 0 Å². The van der Waals surface area contributed by atoms with Crippen LogP contribution in [0.3, 0.4) is 0 Å². The van der Waals surface area contributed by atoms with Gasteiger partial charge in [-0.25, -0.2) is 13.4 Å². The number of pyridine rings is 1. The predicted octanol–water partition coefficient (Wildman–Crippen LogP) is 5.07. The van der Waals surface area contributed by atoms with Gasteiger partial charge in [0.25, 0.3) is 10.0 Å². The van der Waals surface area contributed by atoms with E-state index in [1.165, 1.54) is 12.1 Å². The third-order valence-corrected chi connectivity index (χ3v) is 6.35. The van der Waals surface area contributed by atoms with Crippen LogP contribution < -0.4 is 4.72 Å². The number of aryl methyl sites for hydroxylation is 2. The molecule has 0 unspecified atom stereocenters. The molecule has 0 radical (unpaired) electrons. The molecule has 0 aliphatic rings. The molecule has 0 amide bonds. The van der Waals surface area contributed by atoms with Gasteiger partial charge in [0.05, 0.1) is 10.6 Å². The molecule has 0 bridgehead atoms. The minimum atomic E-state index is -3.71. The molecule has 0 fully saturated rings. The summed E-state index contributed by atoms with van der Waals surface area (Å²) in [5.74, 6) is 0. The summed E-state index contributed by atoms with van der Waals surface area (Å²) in [6.07, 6.45) is 3.91. The van der Waals surface area contributed by atoms with Crippen LogP contribution in [0.1, 0.15) is 11.1 Å². The van der Waals surface area contributed by atoms with Gasteiger partial charge in [0.1, 0.15) is 5.65 Å². The first kappa shape index (κ1) is 18.5. The molecule has 0 atom stereocenters. The van der Waals surface area contributed by atoms with Crippen molar-refractivity contribution in [2.45, 2.75) is 18.7 Å². The van der Waals surface area contributed by atoms with Gasteiger partial charge in [-0.1, -0.05) is 35.9 Å².